The maximum absolute atomic E-state index is 12.7. The molecule has 0 aromatic heterocycles. The number of nitrogens with zero attached hydrogens (tertiary/aromatic N) is 1. The molecule has 0 saturated carbocycles. The van der Waals surface area contributed by atoms with Gasteiger partial charge in [-0.3, -0.25) is 4.79 Å². The Morgan fingerprint density at radius 3 is 2.45 bits per heavy atom. The number of hydrogen-bond donors (Lipinski definition) is 2. The predicted octanol–water partition coefficient (Wildman–Crippen LogP) is 5.89. The third-order valence-corrected chi connectivity index (χ3v) is 5.08. The van der Waals surface area contributed by atoms with Gasteiger partial charge in [-0.1, -0.05) is 66.9 Å². The number of carbonyl (C=O) groups excluding carboxylic acids is 2. The van der Waals surface area contributed by atoms with E-state index in [2.05, 4.69) is 17.6 Å². The van der Waals surface area contributed by atoms with Crippen LogP contribution >= 0.6 is 23.2 Å². The van der Waals surface area contributed by atoms with Gasteiger partial charge in [0, 0.05) is 24.5 Å². The van der Waals surface area contributed by atoms with Crippen LogP contribution in [-0.2, 0) is 4.79 Å². The molecule has 2 aromatic carbocycles. The van der Waals surface area contributed by atoms with Crippen molar-refractivity contribution in [3.05, 3.63) is 64.1 Å². The minimum absolute atomic E-state index is 0.0884. The van der Waals surface area contributed by atoms with Gasteiger partial charge in [0.15, 0.2) is 0 Å². The van der Waals surface area contributed by atoms with Gasteiger partial charge in [0.25, 0.3) is 0 Å². The number of amides is 3. The molecule has 0 aliphatic heterocycles. The summed E-state index contributed by atoms with van der Waals surface area (Å²) in [6.07, 6.45) is 2.02. The third kappa shape index (κ3) is 7.59. The summed E-state index contributed by atoms with van der Waals surface area (Å²) in [7, 11) is 0. The first-order chi connectivity index (χ1) is 13.9. The normalized spacial score (nSPS) is 11.6. The quantitative estimate of drug-likeness (QED) is 0.515. The maximum atomic E-state index is 12.7. The van der Waals surface area contributed by atoms with Crippen LogP contribution in [-0.4, -0.2) is 29.9 Å². The molecule has 3 amide bonds. The summed E-state index contributed by atoms with van der Waals surface area (Å²) in [6, 6.07) is 14.3. The first-order valence-corrected chi connectivity index (χ1v) is 10.5. The highest BCUT2D eigenvalue weighted by molar-refractivity contribution is 6.36. The van der Waals surface area contributed by atoms with Crippen LogP contribution in [0.4, 0.5) is 10.5 Å². The Labute approximate surface area is 182 Å². The Bertz CT molecular complexity index is 815. The largest absolute Gasteiger partial charge is 0.350 e. The van der Waals surface area contributed by atoms with Crippen LogP contribution in [0, 0.1) is 0 Å². The Morgan fingerprint density at radius 1 is 1.07 bits per heavy atom. The molecule has 0 fully saturated rings. The highest BCUT2D eigenvalue weighted by atomic mass is 35.5. The van der Waals surface area contributed by atoms with Crippen LogP contribution in [0.1, 0.15) is 44.7 Å². The molecule has 2 rings (SSSR count). The van der Waals surface area contributed by atoms with Crippen molar-refractivity contribution in [3.63, 3.8) is 0 Å². The van der Waals surface area contributed by atoms with Crippen molar-refractivity contribution in [2.75, 3.05) is 18.4 Å². The van der Waals surface area contributed by atoms with Gasteiger partial charge in [0.2, 0.25) is 5.91 Å². The summed E-state index contributed by atoms with van der Waals surface area (Å²) >= 11 is 12.0. The Morgan fingerprint density at radius 2 is 1.79 bits per heavy atom. The molecule has 156 valence electrons. The molecule has 0 aliphatic carbocycles. The van der Waals surface area contributed by atoms with E-state index in [9.17, 15) is 9.59 Å². The summed E-state index contributed by atoms with van der Waals surface area (Å²) in [4.78, 5) is 26.7. The van der Waals surface area contributed by atoms with E-state index in [1.807, 2.05) is 37.3 Å². The van der Waals surface area contributed by atoms with Crippen molar-refractivity contribution in [2.24, 2.45) is 0 Å². The number of nitrogens with one attached hydrogen (secondary N) is 2. The van der Waals surface area contributed by atoms with Gasteiger partial charge < -0.3 is 15.5 Å². The zero-order chi connectivity index (χ0) is 21.2. The highest BCUT2D eigenvalue weighted by Crippen LogP contribution is 2.25. The molecule has 0 saturated heterocycles. The van der Waals surface area contributed by atoms with Crippen molar-refractivity contribution < 1.29 is 9.59 Å². The van der Waals surface area contributed by atoms with E-state index in [0.29, 0.717) is 28.8 Å². The molecule has 1 unspecified atom stereocenters. The van der Waals surface area contributed by atoms with Crippen molar-refractivity contribution in [3.8, 4) is 0 Å². The van der Waals surface area contributed by atoms with Gasteiger partial charge in [-0.15, -0.1) is 0 Å². The molecule has 0 spiro atoms. The summed E-state index contributed by atoms with van der Waals surface area (Å²) < 4.78 is 0. The standard InChI is InChI=1S/C22H27Cl2N3O2/c1-3-4-13-27(22(29)26-20-11-10-18(23)15-19(20)24)14-12-21(28)25-16(2)17-8-6-5-7-9-17/h5-11,15-16H,3-4,12-14H2,1-2H3,(H,25,28)(H,26,29). The molecule has 5 nitrogen and oxygen atoms in total. The van der Waals surface area contributed by atoms with Crippen LogP contribution in [0.3, 0.4) is 0 Å². The van der Waals surface area contributed by atoms with Gasteiger partial charge >= 0.3 is 6.03 Å². The summed E-state index contributed by atoms with van der Waals surface area (Å²) in [5.74, 6) is -0.0971. The number of hydrogen-bond acceptors (Lipinski definition) is 2. The maximum Gasteiger partial charge on any atom is 0.321 e. The number of urea groups is 1. The first-order valence-electron chi connectivity index (χ1n) is 9.76. The number of carbonyl (C=O) groups is 2. The van der Waals surface area contributed by atoms with Gasteiger partial charge in [-0.25, -0.2) is 4.79 Å². The van der Waals surface area contributed by atoms with E-state index in [4.69, 9.17) is 23.2 Å². The smallest absolute Gasteiger partial charge is 0.321 e. The zero-order valence-corrected chi connectivity index (χ0v) is 18.3. The lowest BCUT2D eigenvalue weighted by Gasteiger charge is -2.23. The van der Waals surface area contributed by atoms with Crippen molar-refractivity contribution >= 4 is 40.8 Å². The Kier molecular flexibility index (Phi) is 9.29. The summed E-state index contributed by atoms with van der Waals surface area (Å²) in [5.41, 5.74) is 1.53. The second-order valence-electron chi connectivity index (χ2n) is 6.84. The monoisotopic (exact) mass is 435 g/mol. The van der Waals surface area contributed by atoms with Crippen LogP contribution in [0.15, 0.2) is 48.5 Å². The number of anilines is 1. The van der Waals surface area contributed by atoms with Gasteiger partial charge in [-0.2, -0.15) is 0 Å². The molecule has 2 aromatic rings. The van der Waals surface area contributed by atoms with E-state index in [1.54, 1.807) is 23.1 Å². The van der Waals surface area contributed by atoms with Crippen LogP contribution in [0.25, 0.3) is 0 Å². The zero-order valence-electron chi connectivity index (χ0n) is 16.8. The van der Waals surface area contributed by atoms with Gasteiger partial charge in [0.1, 0.15) is 0 Å². The lowest BCUT2D eigenvalue weighted by Crippen LogP contribution is -2.39. The van der Waals surface area contributed by atoms with E-state index in [1.165, 1.54) is 0 Å². The molecule has 0 bridgehead atoms. The number of unbranched alkanes of at least 4 members (excludes halogenated alkanes) is 1. The fourth-order valence-corrected chi connectivity index (χ4v) is 3.28. The summed E-state index contributed by atoms with van der Waals surface area (Å²) in [5, 5.41) is 6.65. The number of rotatable bonds is 9. The Balaban J connectivity index is 1.93. The Hall–Kier alpha value is -2.24. The predicted molar refractivity (Wildman–Crippen MR) is 120 cm³/mol. The fourth-order valence-electron chi connectivity index (χ4n) is 2.82. The summed E-state index contributed by atoms with van der Waals surface area (Å²) in [6.45, 7) is 4.89. The molecule has 0 radical (unpaired) electrons. The minimum atomic E-state index is -0.286. The lowest BCUT2D eigenvalue weighted by molar-refractivity contribution is -0.121. The third-order valence-electron chi connectivity index (χ3n) is 4.53. The fraction of sp³-hybridized carbons (Fsp3) is 0.364. The SMILES string of the molecule is CCCCN(CCC(=O)NC(C)c1ccccc1)C(=O)Nc1ccc(Cl)cc1Cl. The highest BCUT2D eigenvalue weighted by Gasteiger charge is 2.17. The van der Waals surface area contributed by atoms with E-state index in [-0.39, 0.29) is 24.4 Å². The van der Waals surface area contributed by atoms with Crippen LogP contribution in [0.2, 0.25) is 10.0 Å². The molecule has 0 aliphatic rings. The molecular formula is C22H27Cl2N3O2. The van der Waals surface area contributed by atoms with E-state index in [0.717, 1.165) is 18.4 Å². The van der Waals surface area contributed by atoms with Crippen molar-refractivity contribution in [1.82, 2.24) is 10.2 Å². The molecule has 7 heteroatoms. The van der Waals surface area contributed by atoms with Crippen LogP contribution < -0.4 is 10.6 Å². The van der Waals surface area contributed by atoms with E-state index >= 15 is 0 Å². The van der Waals surface area contributed by atoms with Gasteiger partial charge in [0.05, 0.1) is 16.8 Å². The van der Waals surface area contributed by atoms with Crippen molar-refractivity contribution in [1.29, 1.82) is 0 Å². The van der Waals surface area contributed by atoms with E-state index < -0.39 is 0 Å². The topological polar surface area (TPSA) is 61.4 Å². The average molecular weight is 436 g/mol. The molecule has 1 atom stereocenters. The molecule has 0 heterocycles. The first kappa shape index (κ1) is 23.0. The molecule has 29 heavy (non-hydrogen) atoms. The number of benzene rings is 2. The van der Waals surface area contributed by atoms with Gasteiger partial charge in [-0.05, 0) is 37.1 Å². The van der Waals surface area contributed by atoms with Crippen molar-refractivity contribution in [2.45, 2.75) is 39.2 Å². The second-order valence-corrected chi connectivity index (χ2v) is 7.69. The minimum Gasteiger partial charge on any atom is -0.350 e. The van der Waals surface area contributed by atoms with Crippen LogP contribution in [0.5, 0.6) is 0 Å². The lowest BCUT2D eigenvalue weighted by atomic mass is 10.1. The number of halogens is 2. The second kappa shape index (κ2) is 11.7. The molecular weight excluding hydrogens is 409 g/mol. The molecule has 2 N–H and O–H groups in total. The average Bonchev–Trinajstić information content (AvgIpc) is 2.70.